The average molecular weight is 1110 g/mol. The third kappa shape index (κ3) is 7.66. The molecular formula is C78H54N2SSi2. The molecule has 0 aliphatic carbocycles. The SMILES string of the molecule is c1ccc(-n2c3ccccc3c3cc4c(cc32)c2ccccc2n4-c2cccc([Si](c3ccccc3)(c3ccccc3)c3ccc(-c4ccc([Si](c5ccccc5)(c5ccccc5)c5cccc6c5sc5ccccc56)cc4)cc3)c2)cc1. The van der Waals surface area contributed by atoms with Crippen LogP contribution in [0, 0.1) is 0 Å². The van der Waals surface area contributed by atoms with Crippen LogP contribution in [-0.2, 0) is 0 Å². The summed E-state index contributed by atoms with van der Waals surface area (Å²) in [5.74, 6) is 0. The van der Waals surface area contributed by atoms with Crippen LogP contribution in [0.3, 0.4) is 0 Å². The molecule has 0 bridgehead atoms. The molecular weight excluding hydrogens is 1050 g/mol. The lowest BCUT2D eigenvalue weighted by Gasteiger charge is -2.35. The maximum absolute atomic E-state index is 3.01. The van der Waals surface area contributed by atoms with Crippen LogP contribution in [0.15, 0.2) is 328 Å². The average Bonchev–Trinajstić information content (AvgIpc) is 4.45. The van der Waals surface area contributed by atoms with Crippen LogP contribution >= 0.6 is 11.3 Å². The number of nitrogens with zero attached hydrogens (tertiary/aromatic N) is 2. The smallest absolute Gasteiger partial charge is 0.181 e. The number of para-hydroxylation sites is 3. The van der Waals surface area contributed by atoms with Crippen molar-refractivity contribution < 1.29 is 0 Å². The Bertz CT molecular complexity index is 4970. The Morgan fingerprint density at radius 2 is 0.602 bits per heavy atom. The topological polar surface area (TPSA) is 9.86 Å². The Kier molecular flexibility index (Phi) is 11.8. The van der Waals surface area contributed by atoms with Crippen molar-refractivity contribution in [2.45, 2.75) is 0 Å². The molecule has 5 heteroatoms. The summed E-state index contributed by atoms with van der Waals surface area (Å²) in [6.45, 7) is 0. The van der Waals surface area contributed by atoms with Gasteiger partial charge in [0.05, 0.1) is 22.1 Å². The lowest BCUT2D eigenvalue weighted by atomic mass is 10.1. The number of aromatic nitrogens is 2. The molecule has 390 valence electrons. The molecule has 0 saturated carbocycles. The van der Waals surface area contributed by atoms with Crippen molar-refractivity contribution in [1.29, 1.82) is 0 Å². The lowest BCUT2D eigenvalue weighted by Crippen LogP contribution is -2.74. The highest BCUT2D eigenvalue weighted by molar-refractivity contribution is 7.30. The minimum atomic E-state index is -3.01. The maximum Gasteiger partial charge on any atom is 0.181 e. The van der Waals surface area contributed by atoms with Crippen LogP contribution in [0.2, 0.25) is 0 Å². The highest BCUT2D eigenvalue weighted by Crippen LogP contribution is 2.40. The first-order chi connectivity index (χ1) is 41.2. The van der Waals surface area contributed by atoms with Crippen molar-refractivity contribution in [3.63, 3.8) is 0 Å². The minimum absolute atomic E-state index is 1.15. The van der Waals surface area contributed by atoms with E-state index in [1.165, 1.54) is 116 Å². The van der Waals surface area contributed by atoms with Crippen molar-refractivity contribution in [1.82, 2.24) is 9.13 Å². The number of rotatable bonds is 11. The van der Waals surface area contributed by atoms with Crippen molar-refractivity contribution in [2.75, 3.05) is 0 Å². The molecule has 3 aromatic heterocycles. The molecule has 0 N–H and O–H groups in total. The summed E-state index contributed by atoms with van der Waals surface area (Å²) < 4.78 is 7.64. The normalized spacial score (nSPS) is 12.1. The lowest BCUT2D eigenvalue weighted by molar-refractivity contribution is 1.18. The molecule has 0 fully saturated rings. The predicted octanol–water partition coefficient (Wildman–Crippen LogP) is 14.7. The van der Waals surface area contributed by atoms with Crippen molar-refractivity contribution in [3.8, 4) is 22.5 Å². The van der Waals surface area contributed by atoms with Gasteiger partial charge in [0.25, 0.3) is 0 Å². The number of hydrogen-bond acceptors (Lipinski definition) is 1. The van der Waals surface area contributed by atoms with E-state index in [9.17, 15) is 0 Å². The summed E-state index contributed by atoms with van der Waals surface area (Å²) in [6, 6.07) is 124. The van der Waals surface area contributed by atoms with Crippen LogP contribution in [0.1, 0.15) is 0 Å². The van der Waals surface area contributed by atoms with E-state index in [0.29, 0.717) is 0 Å². The van der Waals surface area contributed by atoms with Gasteiger partial charge >= 0.3 is 0 Å². The molecule has 0 spiro atoms. The van der Waals surface area contributed by atoms with Crippen LogP contribution in [0.4, 0.5) is 0 Å². The molecule has 0 unspecified atom stereocenters. The van der Waals surface area contributed by atoms with Gasteiger partial charge in [-0.05, 0) is 107 Å². The van der Waals surface area contributed by atoms with Gasteiger partial charge < -0.3 is 9.13 Å². The highest BCUT2D eigenvalue weighted by Gasteiger charge is 2.44. The van der Waals surface area contributed by atoms with Crippen molar-refractivity contribution in [3.05, 3.63) is 328 Å². The Morgan fingerprint density at radius 1 is 0.229 bits per heavy atom. The summed E-state index contributed by atoms with van der Waals surface area (Å²) >= 11 is 1.93. The fraction of sp³-hybridized carbons (Fsp3) is 0. The molecule has 0 atom stereocenters. The van der Waals surface area contributed by atoms with Gasteiger partial charge in [-0.3, -0.25) is 0 Å². The van der Waals surface area contributed by atoms with Crippen molar-refractivity contribution >= 4 is 133 Å². The summed E-state index contributed by atoms with van der Waals surface area (Å²) in [5.41, 5.74) is 9.49. The van der Waals surface area contributed by atoms with Gasteiger partial charge in [-0.2, -0.15) is 0 Å². The number of benzene rings is 13. The molecule has 16 aromatic rings. The van der Waals surface area contributed by atoms with Gasteiger partial charge in [0, 0.05) is 53.1 Å². The zero-order valence-corrected chi connectivity index (χ0v) is 48.3. The Hall–Kier alpha value is -9.89. The van der Waals surface area contributed by atoms with Gasteiger partial charge in [0.1, 0.15) is 0 Å². The summed E-state index contributed by atoms with van der Waals surface area (Å²) in [6.07, 6.45) is 0. The minimum Gasteiger partial charge on any atom is -0.309 e. The molecule has 83 heavy (non-hydrogen) atoms. The number of thiophene rings is 1. The second kappa shape index (κ2) is 20.0. The molecule has 0 saturated heterocycles. The zero-order chi connectivity index (χ0) is 54.9. The standard InChI is InChI=1S/C78H54N2SSi2/c1-6-24-57(25-7-1)79-72-40-19-16-36-66(72)70-54-75-71(53-74(70)79)67-37-17-20-41-73(67)80(75)58-26-22-35-65(52-58)82(59-27-8-2-9-28-59,60-29-10-3-11-30-60)63-48-44-55(45-49-63)56-46-50-64(51-47-56)83(61-31-12-4-13-32-61,62-33-14-5-15-34-62)77-43-23-39-69-68-38-18-21-42-76(68)81-78(69)77/h1-54H. The van der Waals surface area contributed by atoms with Gasteiger partial charge in [-0.1, -0.05) is 273 Å². The Labute approximate surface area is 488 Å². The van der Waals surface area contributed by atoms with Crippen LogP contribution in [-0.4, -0.2) is 25.3 Å². The molecule has 16 rings (SSSR count). The van der Waals surface area contributed by atoms with E-state index in [0.717, 1.165) is 11.4 Å². The highest BCUT2D eigenvalue weighted by atomic mass is 32.1. The van der Waals surface area contributed by atoms with E-state index in [1.807, 2.05) is 11.3 Å². The van der Waals surface area contributed by atoms with Crippen LogP contribution < -0.4 is 41.5 Å². The first-order valence-corrected chi connectivity index (χ1v) is 33.5. The molecule has 2 nitrogen and oxygen atoms in total. The molecule has 13 aromatic carbocycles. The van der Waals surface area contributed by atoms with Gasteiger partial charge in [0.2, 0.25) is 0 Å². The zero-order valence-electron chi connectivity index (χ0n) is 45.5. The third-order valence-corrected chi connectivity index (χ3v) is 28.6. The fourth-order valence-electron chi connectivity index (χ4n) is 14.0. The van der Waals surface area contributed by atoms with E-state index < -0.39 is 16.1 Å². The van der Waals surface area contributed by atoms with Gasteiger partial charge in [0.15, 0.2) is 16.1 Å². The first-order valence-electron chi connectivity index (χ1n) is 28.6. The second-order valence-electron chi connectivity index (χ2n) is 21.9. The largest absolute Gasteiger partial charge is 0.309 e. The molecule has 0 aliphatic rings. The third-order valence-electron chi connectivity index (χ3n) is 17.6. The monoisotopic (exact) mass is 1110 g/mol. The van der Waals surface area contributed by atoms with Gasteiger partial charge in [-0.15, -0.1) is 11.3 Å². The summed E-state index contributed by atoms with van der Waals surface area (Å²) in [5, 5.41) is 18.5. The van der Waals surface area contributed by atoms with E-state index in [2.05, 4.69) is 337 Å². The van der Waals surface area contributed by atoms with Crippen molar-refractivity contribution in [2.24, 2.45) is 0 Å². The number of hydrogen-bond donors (Lipinski definition) is 0. The number of fused-ring (bicyclic) bond motifs is 9. The molecule has 0 amide bonds. The molecule has 0 radical (unpaired) electrons. The summed E-state index contributed by atoms with van der Waals surface area (Å²) in [4.78, 5) is 0. The van der Waals surface area contributed by atoms with Crippen LogP contribution in [0.25, 0.3) is 86.3 Å². The van der Waals surface area contributed by atoms with E-state index >= 15 is 0 Å². The maximum atomic E-state index is 2.51. The van der Waals surface area contributed by atoms with E-state index in [1.54, 1.807) is 0 Å². The Balaban J connectivity index is 0.857. The van der Waals surface area contributed by atoms with E-state index in [4.69, 9.17) is 0 Å². The summed E-state index contributed by atoms with van der Waals surface area (Å²) in [7, 11) is -5.88. The van der Waals surface area contributed by atoms with Gasteiger partial charge in [-0.25, -0.2) is 0 Å². The first kappa shape index (κ1) is 49.0. The van der Waals surface area contributed by atoms with E-state index in [-0.39, 0.29) is 0 Å². The molecule has 0 aliphatic heterocycles. The van der Waals surface area contributed by atoms with Crippen LogP contribution in [0.5, 0.6) is 0 Å². The fourth-order valence-corrected chi connectivity index (χ4v) is 25.3. The predicted molar refractivity (Wildman–Crippen MR) is 361 cm³/mol. The second-order valence-corrected chi connectivity index (χ2v) is 30.5. The molecule has 3 heterocycles. The quantitative estimate of drug-likeness (QED) is 0.0902. The Morgan fingerprint density at radius 3 is 1.13 bits per heavy atom.